The van der Waals surface area contributed by atoms with Gasteiger partial charge in [0, 0.05) is 0 Å². The quantitative estimate of drug-likeness (QED) is 0.118. The number of hydrogen-bond acceptors (Lipinski definition) is 12. The highest BCUT2D eigenvalue weighted by Gasteiger charge is 2.34. The Morgan fingerprint density at radius 2 is 0.692 bits per heavy atom. The summed E-state index contributed by atoms with van der Waals surface area (Å²) >= 11 is 6.38. The van der Waals surface area contributed by atoms with Crippen LogP contribution in [0.4, 0.5) is 0 Å². The molecule has 14 heteroatoms. The molecule has 0 saturated heterocycles. The van der Waals surface area contributed by atoms with E-state index in [1.54, 1.807) is 0 Å². The van der Waals surface area contributed by atoms with Gasteiger partial charge in [-0.15, -0.1) is 0 Å². The Labute approximate surface area is 245 Å². The summed E-state index contributed by atoms with van der Waals surface area (Å²) in [5.74, 6) is -6.55. The van der Waals surface area contributed by atoms with Crippen LogP contribution in [-0.4, -0.2) is 88.1 Å². The Morgan fingerprint density at radius 1 is 0.436 bits per heavy atom. The lowest BCUT2D eigenvalue weighted by Crippen LogP contribution is -2.30. The molecular formula is C25H38Br2O12. The predicted molar refractivity (Wildman–Crippen MR) is 144 cm³/mol. The van der Waals surface area contributed by atoms with Crippen molar-refractivity contribution in [2.24, 2.45) is 23.7 Å². The molecule has 0 aromatic carbocycles. The van der Waals surface area contributed by atoms with Crippen molar-refractivity contribution in [1.82, 2.24) is 0 Å². The van der Waals surface area contributed by atoms with Gasteiger partial charge >= 0.3 is 35.8 Å². The molecule has 0 amide bonds. The third kappa shape index (κ3) is 13.1. The average Bonchev–Trinajstić information content (AvgIpc) is 2.95. The van der Waals surface area contributed by atoms with Crippen molar-refractivity contribution < 1.29 is 57.2 Å². The third-order valence-electron chi connectivity index (χ3n) is 6.28. The Hall–Kier alpha value is -2.22. The van der Waals surface area contributed by atoms with Crippen LogP contribution >= 0.6 is 31.9 Å². The highest BCUT2D eigenvalue weighted by molar-refractivity contribution is 9.10. The molecule has 6 unspecified atom stereocenters. The smallest absolute Gasteiger partial charge is 0.319 e. The van der Waals surface area contributed by atoms with Crippen molar-refractivity contribution in [3.8, 4) is 0 Å². The van der Waals surface area contributed by atoms with Crippen LogP contribution in [0.3, 0.4) is 0 Å². The number of ether oxygens (including phenoxy) is 6. The molecule has 0 aliphatic heterocycles. The second-order valence-corrected chi connectivity index (χ2v) is 10.9. The van der Waals surface area contributed by atoms with Crippen LogP contribution in [0, 0.1) is 23.7 Å². The Bertz CT molecular complexity index is 768. The number of halogens is 2. The molecule has 0 spiro atoms. The van der Waals surface area contributed by atoms with Gasteiger partial charge in [-0.2, -0.15) is 0 Å². The molecule has 12 nitrogen and oxygen atoms in total. The number of rotatable bonds is 18. The van der Waals surface area contributed by atoms with Crippen LogP contribution in [0.15, 0.2) is 0 Å². The van der Waals surface area contributed by atoms with Crippen LogP contribution in [0.25, 0.3) is 0 Å². The first-order chi connectivity index (χ1) is 18.4. The van der Waals surface area contributed by atoms with Crippen molar-refractivity contribution in [2.75, 3.05) is 42.7 Å². The maximum Gasteiger partial charge on any atom is 0.319 e. The van der Waals surface area contributed by atoms with E-state index in [0.717, 1.165) is 0 Å². The lowest BCUT2D eigenvalue weighted by atomic mass is 9.84. The maximum absolute atomic E-state index is 12.5. The van der Waals surface area contributed by atoms with E-state index in [1.165, 1.54) is 42.7 Å². The van der Waals surface area contributed by atoms with Crippen molar-refractivity contribution in [1.29, 1.82) is 0 Å². The predicted octanol–water partition coefficient (Wildman–Crippen LogP) is 2.75. The first-order valence-electron chi connectivity index (χ1n) is 12.1. The second-order valence-electron chi connectivity index (χ2n) is 8.74. The zero-order valence-electron chi connectivity index (χ0n) is 23.1. The van der Waals surface area contributed by atoms with Gasteiger partial charge in [0.25, 0.3) is 0 Å². The zero-order chi connectivity index (χ0) is 30.1. The number of esters is 6. The lowest BCUT2D eigenvalue weighted by Gasteiger charge is -2.24. The van der Waals surface area contributed by atoms with E-state index in [9.17, 15) is 28.8 Å². The van der Waals surface area contributed by atoms with Gasteiger partial charge in [0.05, 0.1) is 66.3 Å². The van der Waals surface area contributed by atoms with Crippen molar-refractivity contribution >= 4 is 67.7 Å². The first kappa shape index (κ1) is 36.8. The van der Waals surface area contributed by atoms with Crippen LogP contribution in [0.2, 0.25) is 0 Å². The molecule has 0 bridgehead atoms. The maximum atomic E-state index is 12.5. The van der Waals surface area contributed by atoms with Gasteiger partial charge in [-0.25, -0.2) is 0 Å². The second kappa shape index (κ2) is 19.8. The number of methoxy groups -OCH3 is 6. The number of carbonyl (C=O) groups is 6. The minimum Gasteiger partial charge on any atom is -0.469 e. The molecule has 0 aromatic rings. The van der Waals surface area contributed by atoms with E-state index in [2.05, 4.69) is 41.3 Å². The normalized spacial score (nSPS) is 15.4. The molecule has 224 valence electrons. The van der Waals surface area contributed by atoms with Gasteiger partial charge in [0.15, 0.2) is 0 Å². The van der Waals surface area contributed by atoms with E-state index >= 15 is 0 Å². The molecule has 0 fully saturated rings. The Morgan fingerprint density at radius 3 is 0.949 bits per heavy atom. The third-order valence-corrected chi connectivity index (χ3v) is 7.77. The summed E-state index contributed by atoms with van der Waals surface area (Å²) in [4.78, 5) is 72.0. The molecule has 0 saturated carbocycles. The van der Waals surface area contributed by atoms with Gasteiger partial charge in [0.2, 0.25) is 0 Å². The van der Waals surface area contributed by atoms with Crippen LogP contribution < -0.4 is 0 Å². The van der Waals surface area contributed by atoms with Crippen LogP contribution in [-0.2, 0) is 57.2 Å². The number of alkyl halides is 2. The zero-order valence-corrected chi connectivity index (χ0v) is 26.2. The fourth-order valence-electron chi connectivity index (χ4n) is 4.15. The van der Waals surface area contributed by atoms with Gasteiger partial charge < -0.3 is 28.4 Å². The molecule has 0 N–H and O–H groups in total. The van der Waals surface area contributed by atoms with E-state index in [0.29, 0.717) is 6.42 Å². The van der Waals surface area contributed by atoms with Crippen molar-refractivity contribution in [3.05, 3.63) is 0 Å². The lowest BCUT2D eigenvalue weighted by molar-refractivity contribution is -0.151. The monoisotopic (exact) mass is 688 g/mol. The Kier molecular flexibility index (Phi) is 18.7. The summed E-state index contributed by atoms with van der Waals surface area (Å²) in [6, 6.07) is 0. The SMILES string of the molecule is COC(=O)C(Br)CC(CC(CCCC(CC(CC(Br)C(=O)OC)C(=O)OC)C(=O)OC)C(=O)OC)C(=O)OC. The van der Waals surface area contributed by atoms with E-state index in [4.69, 9.17) is 18.9 Å². The molecule has 0 rings (SSSR count). The van der Waals surface area contributed by atoms with Crippen molar-refractivity contribution in [3.63, 3.8) is 0 Å². The van der Waals surface area contributed by atoms with Crippen LogP contribution in [0.1, 0.15) is 44.9 Å². The highest BCUT2D eigenvalue weighted by atomic mass is 79.9. The fourth-order valence-corrected chi connectivity index (χ4v) is 5.43. The minimum atomic E-state index is -0.808. The van der Waals surface area contributed by atoms with Crippen LogP contribution in [0.5, 0.6) is 0 Å². The highest BCUT2D eigenvalue weighted by Crippen LogP contribution is 2.30. The fraction of sp³-hybridized carbons (Fsp3) is 0.760. The minimum absolute atomic E-state index is 0.0341. The summed E-state index contributed by atoms with van der Waals surface area (Å²) in [7, 11) is 7.30. The summed E-state index contributed by atoms with van der Waals surface area (Å²) < 4.78 is 28.9. The van der Waals surface area contributed by atoms with Gasteiger partial charge in [-0.05, 0) is 38.5 Å². The van der Waals surface area contributed by atoms with E-state index < -0.39 is 69.1 Å². The van der Waals surface area contributed by atoms with Crippen molar-refractivity contribution in [2.45, 2.75) is 54.6 Å². The van der Waals surface area contributed by atoms with Gasteiger partial charge in [-0.3, -0.25) is 28.8 Å². The van der Waals surface area contributed by atoms with Gasteiger partial charge in [0.1, 0.15) is 9.65 Å². The molecule has 6 atom stereocenters. The standard InChI is InChI=1S/C25H38Br2O12/c1-34-20(28)14(10-16(22(30)36-3)12-18(26)24(32)38-5)8-7-9-15(21(29)35-2)11-17(23(31)37-4)13-19(27)25(33)39-6/h14-19H,7-13H2,1-6H3. The molecule has 0 aliphatic carbocycles. The topological polar surface area (TPSA) is 158 Å². The first-order valence-corrected chi connectivity index (χ1v) is 14.0. The largest absolute Gasteiger partial charge is 0.469 e. The molecular weight excluding hydrogens is 652 g/mol. The number of carbonyl (C=O) groups excluding carboxylic acids is 6. The van der Waals surface area contributed by atoms with Gasteiger partial charge in [-0.1, -0.05) is 38.3 Å². The number of hydrogen-bond donors (Lipinski definition) is 0. The molecule has 39 heavy (non-hydrogen) atoms. The van der Waals surface area contributed by atoms with E-state index in [1.807, 2.05) is 0 Å². The van der Waals surface area contributed by atoms with E-state index in [-0.39, 0.29) is 38.5 Å². The molecule has 0 aromatic heterocycles. The Balaban J connectivity index is 5.61. The molecule has 0 aliphatic rings. The summed E-state index contributed by atoms with van der Waals surface area (Å²) in [5.41, 5.74) is 0. The molecule has 0 heterocycles. The average molecular weight is 690 g/mol. The molecule has 0 radical (unpaired) electrons. The summed E-state index contributed by atoms with van der Waals surface area (Å²) in [5, 5.41) is 0. The summed E-state index contributed by atoms with van der Waals surface area (Å²) in [6.45, 7) is 0. The summed E-state index contributed by atoms with van der Waals surface area (Å²) in [6.07, 6.45) is 0.965.